The first-order valence-corrected chi connectivity index (χ1v) is 6.98. The zero-order valence-corrected chi connectivity index (χ0v) is 12.3. The Labute approximate surface area is 123 Å². The van der Waals surface area contributed by atoms with Crippen molar-refractivity contribution >= 4 is 22.9 Å². The topological polar surface area (TPSA) is 24.9 Å². The number of hydrogen-bond donors (Lipinski definition) is 1. The molecule has 0 bridgehead atoms. The lowest BCUT2D eigenvalue weighted by atomic mass is 10.0. The van der Waals surface area contributed by atoms with Crippen LogP contribution < -0.4 is 5.32 Å². The third-order valence-electron chi connectivity index (χ3n) is 2.88. The standard InChI is InChI=1S/C13H12ClF3N2S/c1-7-5-8(14)3-4-9(7)11(18-2)10-6-19-12(20-10)13(15,16)17/h3-6,11,18H,1-2H3. The fraction of sp³-hybridized carbons (Fsp3) is 0.308. The highest BCUT2D eigenvalue weighted by atomic mass is 35.5. The molecule has 1 aromatic carbocycles. The van der Waals surface area contributed by atoms with Crippen LogP contribution in [0.2, 0.25) is 5.02 Å². The predicted molar refractivity (Wildman–Crippen MR) is 74.2 cm³/mol. The Bertz CT molecular complexity index is 610. The van der Waals surface area contributed by atoms with Crippen LogP contribution in [0.4, 0.5) is 13.2 Å². The van der Waals surface area contributed by atoms with Crippen molar-refractivity contribution in [3.63, 3.8) is 0 Å². The number of halogens is 4. The van der Waals surface area contributed by atoms with E-state index in [1.165, 1.54) is 6.20 Å². The molecule has 0 fully saturated rings. The van der Waals surface area contributed by atoms with Crippen molar-refractivity contribution in [3.8, 4) is 0 Å². The van der Waals surface area contributed by atoms with E-state index in [0.29, 0.717) is 21.2 Å². The zero-order valence-electron chi connectivity index (χ0n) is 10.8. The fourth-order valence-electron chi connectivity index (χ4n) is 1.97. The number of aromatic nitrogens is 1. The number of thiazole rings is 1. The predicted octanol–water partition coefficient (Wildman–Crippen LogP) is 4.43. The Morgan fingerprint density at radius 2 is 2.05 bits per heavy atom. The van der Waals surface area contributed by atoms with Gasteiger partial charge in [0.05, 0.1) is 6.04 Å². The molecule has 7 heteroatoms. The molecule has 0 aliphatic carbocycles. The molecule has 0 spiro atoms. The second-order valence-electron chi connectivity index (χ2n) is 4.29. The summed E-state index contributed by atoms with van der Waals surface area (Å²) in [4.78, 5) is 3.98. The Balaban J connectivity index is 2.40. The first-order valence-electron chi connectivity index (χ1n) is 5.79. The van der Waals surface area contributed by atoms with E-state index in [4.69, 9.17) is 11.6 Å². The summed E-state index contributed by atoms with van der Waals surface area (Å²) >= 11 is 6.54. The van der Waals surface area contributed by atoms with Gasteiger partial charge >= 0.3 is 6.18 Å². The Morgan fingerprint density at radius 3 is 2.55 bits per heavy atom. The molecule has 1 atom stereocenters. The number of rotatable bonds is 3. The van der Waals surface area contributed by atoms with Gasteiger partial charge in [0.15, 0.2) is 5.01 Å². The molecule has 2 nitrogen and oxygen atoms in total. The molecule has 2 rings (SSSR count). The maximum atomic E-state index is 12.6. The normalized spacial score (nSPS) is 13.5. The van der Waals surface area contributed by atoms with E-state index in [-0.39, 0.29) is 6.04 Å². The molecule has 108 valence electrons. The van der Waals surface area contributed by atoms with Crippen molar-refractivity contribution in [2.24, 2.45) is 0 Å². The van der Waals surface area contributed by atoms with Crippen LogP contribution in [0, 0.1) is 6.92 Å². The van der Waals surface area contributed by atoms with Crippen molar-refractivity contribution < 1.29 is 13.2 Å². The molecule has 1 heterocycles. The van der Waals surface area contributed by atoms with Crippen LogP contribution in [0.15, 0.2) is 24.4 Å². The van der Waals surface area contributed by atoms with Crippen molar-refractivity contribution in [2.75, 3.05) is 7.05 Å². The van der Waals surface area contributed by atoms with Crippen LogP contribution >= 0.6 is 22.9 Å². The molecule has 1 aromatic heterocycles. The summed E-state index contributed by atoms with van der Waals surface area (Å²) < 4.78 is 37.8. The second kappa shape index (κ2) is 5.71. The van der Waals surface area contributed by atoms with Gasteiger partial charge in [-0.05, 0) is 37.2 Å². The average Bonchev–Trinajstić information content (AvgIpc) is 2.82. The zero-order chi connectivity index (χ0) is 14.9. The largest absolute Gasteiger partial charge is 0.443 e. The summed E-state index contributed by atoms with van der Waals surface area (Å²) in [5.41, 5.74) is 1.80. The summed E-state index contributed by atoms with van der Waals surface area (Å²) in [6.07, 6.45) is -3.14. The molecule has 0 aliphatic rings. The van der Waals surface area contributed by atoms with Gasteiger partial charge in [-0.2, -0.15) is 13.2 Å². The van der Waals surface area contributed by atoms with Crippen LogP contribution in [0.1, 0.15) is 27.1 Å². The highest BCUT2D eigenvalue weighted by Crippen LogP contribution is 2.36. The lowest BCUT2D eigenvalue weighted by Gasteiger charge is -2.17. The minimum absolute atomic E-state index is 0.333. The smallest absolute Gasteiger partial charge is 0.309 e. The van der Waals surface area contributed by atoms with Gasteiger partial charge in [0.25, 0.3) is 0 Å². The van der Waals surface area contributed by atoms with Gasteiger partial charge in [-0.15, -0.1) is 11.3 Å². The van der Waals surface area contributed by atoms with Crippen LogP contribution in [-0.2, 0) is 6.18 Å². The van der Waals surface area contributed by atoms with Gasteiger partial charge in [0.2, 0.25) is 0 Å². The van der Waals surface area contributed by atoms with E-state index in [9.17, 15) is 13.2 Å². The minimum atomic E-state index is -4.41. The number of alkyl halides is 3. The van der Waals surface area contributed by atoms with Crippen LogP contribution in [0.3, 0.4) is 0 Å². The fourth-order valence-corrected chi connectivity index (χ4v) is 3.10. The maximum absolute atomic E-state index is 12.6. The minimum Gasteiger partial charge on any atom is -0.309 e. The van der Waals surface area contributed by atoms with Crippen LogP contribution in [0.25, 0.3) is 0 Å². The molecule has 0 aliphatic heterocycles. The van der Waals surface area contributed by atoms with Gasteiger partial charge in [-0.1, -0.05) is 17.7 Å². The summed E-state index contributed by atoms with van der Waals surface area (Å²) in [7, 11) is 1.70. The van der Waals surface area contributed by atoms with E-state index < -0.39 is 11.2 Å². The molecule has 2 aromatic rings. The Hall–Kier alpha value is -1.11. The Morgan fingerprint density at radius 1 is 1.35 bits per heavy atom. The van der Waals surface area contributed by atoms with Crippen molar-refractivity contribution in [3.05, 3.63) is 50.4 Å². The molecule has 20 heavy (non-hydrogen) atoms. The summed E-state index contributed by atoms with van der Waals surface area (Å²) in [5, 5.41) is 2.78. The summed E-state index contributed by atoms with van der Waals surface area (Å²) in [5.74, 6) is 0. The first kappa shape index (κ1) is 15.3. The first-order chi connectivity index (χ1) is 9.32. The monoisotopic (exact) mass is 320 g/mol. The molecule has 1 N–H and O–H groups in total. The van der Waals surface area contributed by atoms with E-state index in [0.717, 1.165) is 11.1 Å². The van der Waals surface area contributed by atoms with Gasteiger partial charge in [0, 0.05) is 16.1 Å². The van der Waals surface area contributed by atoms with Crippen molar-refractivity contribution in [1.82, 2.24) is 10.3 Å². The number of nitrogens with one attached hydrogen (secondary N) is 1. The molecule has 0 saturated heterocycles. The van der Waals surface area contributed by atoms with Crippen LogP contribution in [-0.4, -0.2) is 12.0 Å². The number of aryl methyl sites for hydroxylation is 1. The molecule has 0 radical (unpaired) electrons. The molecule has 0 saturated carbocycles. The maximum Gasteiger partial charge on any atom is 0.443 e. The number of nitrogens with zero attached hydrogens (tertiary/aromatic N) is 1. The van der Waals surface area contributed by atoms with Gasteiger partial charge in [0.1, 0.15) is 0 Å². The van der Waals surface area contributed by atoms with E-state index in [2.05, 4.69) is 10.3 Å². The molecule has 1 unspecified atom stereocenters. The van der Waals surface area contributed by atoms with Gasteiger partial charge in [-0.25, -0.2) is 4.98 Å². The molecular formula is C13H12ClF3N2S. The third kappa shape index (κ3) is 3.13. The van der Waals surface area contributed by atoms with E-state index in [1.807, 2.05) is 13.0 Å². The van der Waals surface area contributed by atoms with Gasteiger partial charge < -0.3 is 5.32 Å². The second-order valence-corrected chi connectivity index (χ2v) is 5.79. The average molecular weight is 321 g/mol. The molecular weight excluding hydrogens is 309 g/mol. The summed E-state index contributed by atoms with van der Waals surface area (Å²) in [6.45, 7) is 1.87. The lowest BCUT2D eigenvalue weighted by molar-refractivity contribution is -0.137. The van der Waals surface area contributed by atoms with Crippen molar-refractivity contribution in [1.29, 1.82) is 0 Å². The van der Waals surface area contributed by atoms with Gasteiger partial charge in [-0.3, -0.25) is 0 Å². The lowest BCUT2D eigenvalue weighted by Crippen LogP contribution is -2.17. The summed E-state index contributed by atoms with van der Waals surface area (Å²) in [6, 6.07) is 4.99. The van der Waals surface area contributed by atoms with Crippen molar-refractivity contribution in [2.45, 2.75) is 19.1 Å². The third-order valence-corrected chi connectivity index (χ3v) is 4.22. The SMILES string of the molecule is CNC(c1cnc(C(F)(F)F)s1)c1ccc(Cl)cc1C. The Kier molecular flexibility index (Phi) is 4.36. The highest BCUT2D eigenvalue weighted by Gasteiger charge is 2.35. The highest BCUT2D eigenvalue weighted by molar-refractivity contribution is 7.11. The quantitative estimate of drug-likeness (QED) is 0.904. The number of benzene rings is 1. The molecule has 0 amide bonds. The van der Waals surface area contributed by atoms with Crippen LogP contribution in [0.5, 0.6) is 0 Å². The van der Waals surface area contributed by atoms with E-state index >= 15 is 0 Å². The van der Waals surface area contributed by atoms with E-state index in [1.54, 1.807) is 19.2 Å². The number of hydrogen-bond acceptors (Lipinski definition) is 3.